The van der Waals surface area contributed by atoms with Gasteiger partial charge in [-0.1, -0.05) is 0 Å². The van der Waals surface area contributed by atoms with E-state index in [1.54, 1.807) is 23.7 Å². The Morgan fingerprint density at radius 3 is 2.75 bits per heavy atom. The maximum absolute atomic E-state index is 12.4. The summed E-state index contributed by atoms with van der Waals surface area (Å²) in [7, 11) is 3.87. The standard InChI is InChI=1S/C13H23N3O3S/c1-14-4-3-10(7-14)8-15(2)13(19)16-5-6-20-9-11(16)12(17)18/h10-11H,3-9H2,1-2H3,(H,17,18). The maximum atomic E-state index is 12.4. The fourth-order valence-corrected chi connectivity index (χ4v) is 3.94. The summed E-state index contributed by atoms with van der Waals surface area (Å²) in [5, 5.41) is 9.23. The Kier molecular flexibility index (Phi) is 5.15. The molecular formula is C13H23N3O3S. The average molecular weight is 301 g/mol. The van der Waals surface area contributed by atoms with E-state index in [1.165, 1.54) is 4.90 Å². The molecule has 114 valence electrons. The molecule has 2 saturated heterocycles. The molecule has 0 saturated carbocycles. The van der Waals surface area contributed by atoms with Crippen LogP contribution < -0.4 is 0 Å². The molecule has 0 spiro atoms. The van der Waals surface area contributed by atoms with Crippen LogP contribution in [0.1, 0.15) is 6.42 Å². The monoisotopic (exact) mass is 301 g/mol. The summed E-state index contributed by atoms with van der Waals surface area (Å²) in [4.78, 5) is 29.2. The predicted octanol–water partition coefficient (Wildman–Crippen LogP) is 0.492. The van der Waals surface area contributed by atoms with Crippen molar-refractivity contribution in [1.29, 1.82) is 0 Å². The third kappa shape index (κ3) is 3.58. The number of likely N-dealkylation sites (tertiary alicyclic amines) is 1. The average Bonchev–Trinajstić information content (AvgIpc) is 2.83. The zero-order chi connectivity index (χ0) is 14.7. The minimum absolute atomic E-state index is 0.146. The van der Waals surface area contributed by atoms with Crippen LogP contribution in [-0.4, -0.2) is 89.6 Å². The smallest absolute Gasteiger partial charge is 0.327 e. The van der Waals surface area contributed by atoms with Crippen LogP contribution >= 0.6 is 11.8 Å². The van der Waals surface area contributed by atoms with Crippen molar-refractivity contribution < 1.29 is 14.7 Å². The topological polar surface area (TPSA) is 64.1 Å². The number of hydrogen-bond acceptors (Lipinski definition) is 4. The van der Waals surface area contributed by atoms with E-state index in [9.17, 15) is 14.7 Å². The molecule has 0 bridgehead atoms. The van der Waals surface area contributed by atoms with Gasteiger partial charge in [-0.2, -0.15) is 11.8 Å². The molecular weight excluding hydrogens is 278 g/mol. The van der Waals surface area contributed by atoms with Gasteiger partial charge in [-0.3, -0.25) is 0 Å². The Morgan fingerprint density at radius 2 is 2.15 bits per heavy atom. The van der Waals surface area contributed by atoms with E-state index in [1.807, 2.05) is 0 Å². The summed E-state index contributed by atoms with van der Waals surface area (Å²) < 4.78 is 0. The molecule has 0 radical (unpaired) electrons. The lowest BCUT2D eigenvalue weighted by atomic mass is 10.1. The normalized spacial score (nSPS) is 27.6. The van der Waals surface area contributed by atoms with Gasteiger partial charge < -0.3 is 19.8 Å². The molecule has 0 aromatic heterocycles. The second kappa shape index (κ2) is 6.67. The highest BCUT2D eigenvalue weighted by molar-refractivity contribution is 7.99. The molecule has 2 aliphatic rings. The summed E-state index contributed by atoms with van der Waals surface area (Å²) in [6.07, 6.45) is 1.10. The van der Waals surface area contributed by atoms with Crippen LogP contribution in [0.3, 0.4) is 0 Å². The number of carbonyl (C=O) groups is 2. The highest BCUT2D eigenvalue weighted by Gasteiger charge is 2.34. The fourth-order valence-electron chi connectivity index (χ4n) is 2.90. The Labute approximate surface area is 124 Å². The molecule has 0 aliphatic carbocycles. The molecule has 2 fully saturated rings. The van der Waals surface area contributed by atoms with Crippen LogP contribution in [0.2, 0.25) is 0 Å². The van der Waals surface area contributed by atoms with Gasteiger partial charge in [0, 0.05) is 38.2 Å². The lowest BCUT2D eigenvalue weighted by Crippen LogP contribution is -2.54. The van der Waals surface area contributed by atoms with Crippen molar-refractivity contribution >= 4 is 23.8 Å². The first kappa shape index (κ1) is 15.4. The van der Waals surface area contributed by atoms with Crippen LogP contribution in [0, 0.1) is 5.92 Å². The maximum Gasteiger partial charge on any atom is 0.327 e. The van der Waals surface area contributed by atoms with Crippen molar-refractivity contribution in [1.82, 2.24) is 14.7 Å². The van der Waals surface area contributed by atoms with Gasteiger partial charge in [0.2, 0.25) is 0 Å². The van der Waals surface area contributed by atoms with Crippen molar-refractivity contribution in [2.45, 2.75) is 12.5 Å². The van der Waals surface area contributed by atoms with Gasteiger partial charge in [-0.05, 0) is 25.9 Å². The predicted molar refractivity (Wildman–Crippen MR) is 79.1 cm³/mol. The number of carbonyl (C=O) groups excluding carboxylic acids is 1. The van der Waals surface area contributed by atoms with Crippen LogP contribution in [0.5, 0.6) is 0 Å². The summed E-state index contributed by atoms with van der Waals surface area (Å²) in [6.45, 7) is 3.31. The van der Waals surface area contributed by atoms with Crippen LogP contribution in [0.25, 0.3) is 0 Å². The highest BCUT2D eigenvalue weighted by Crippen LogP contribution is 2.20. The Balaban J connectivity index is 1.92. The summed E-state index contributed by atoms with van der Waals surface area (Å²) in [6, 6.07) is -0.831. The molecule has 1 N–H and O–H groups in total. The first-order valence-corrected chi connectivity index (χ1v) is 8.15. The van der Waals surface area contributed by atoms with E-state index in [2.05, 4.69) is 11.9 Å². The quantitative estimate of drug-likeness (QED) is 0.822. The summed E-state index contributed by atoms with van der Waals surface area (Å²) in [5.74, 6) is 0.896. The van der Waals surface area contributed by atoms with Crippen molar-refractivity contribution in [3.8, 4) is 0 Å². The van der Waals surface area contributed by atoms with Crippen molar-refractivity contribution in [2.75, 3.05) is 51.8 Å². The highest BCUT2D eigenvalue weighted by atomic mass is 32.2. The number of hydrogen-bond donors (Lipinski definition) is 1. The van der Waals surface area contributed by atoms with Crippen LogP contribution in [0.4, 0.5) is 4.79 Å². The minimum atomic E-state index is -0.903. The molecule has 20 heavy (non-hydrogen) atoms. The summed E-state index contributed by atoms with van der Waals surface area (Å²) in [5.41, 5.74) is 0. The number of carboxylic acid groups (broad SMARTS) is 1. The lowest BCUT2D eigenvalue weighted by molar-refractivity contribution is -0.141. The third-order valence-electron chi connectivity index (χ3n) is 4.01. The zero-order valence-corrected chi connectivity index (χ0v) is 12.9. The van der Waals surface area contributed by atoms with E-state index in [0.717, 1.165) is 25.3 Å². The van der Waals surface area contributed by atoms with E-state index >= 15 is 0 Å². The molecule has 2 rings (SSSR count). The second-order valence-corrected chi connectivity index (χ2v) is 6.85. The van der Waals surface area contributed by atoms with Gasteiger partial charge in [0.1, 0.15) is 6.04 Å². The Hall–Kier alpha value is -0.950. The largest absolute Gasteiger partial charge is 0.480 e. The zero-order valence-electron chi connectivity index (χ0n) is 12.1. The molecule has 2 atom stereocenters. The van der Waals surface area contributed by atoms with E-state index in [0.29, 0.717) is 24.8 Å². The molecule has 0 aromatic rings. The first-order valence-electron chi connectivity index (χ1n) is 7.00. The second-order valence-electron chi connectivity index (χ2n) is 5.70. The van der Waals surface area contributed by atoms with Gasteiger partial charge in [0.25, 0.3) is 0 Å². The molecule has 7 heteroatoms. The number of carboxylic acids is 1. The molecule has 2 heterocycles. The van der Waals surface area contributed by atoms with Gasteiger partial charge in [-0.15, -0.1) is 0 Å². The summed E-state index contributed by atoms with van der Waals surface area (Å²) >= 11 is 1.60. The van der Waals surface area contributed by atoms with Gasteiger partial charge >= 0.3 is 12.0 Å². The first-order chi connectivity index (χ1) is 9.49. The number of rotatable bonds is 3. The van der Waals surface area contributed by atoms with Crippen molar-refractivity contribution in [2.24, 2.45) is 5.92 Å². The molecule has 2 unspecified atom stereocenters. The number of urea groups is 1. The number of nitrogens with zero attached hydrogens (tertiary/aromatic N) is 3. The number of thioether (sulfide) groups is 1. The Morgan fingerprint density at radius 1 is 1.40 bits per heavy atom. The van der Waals surface area contributed by atoms with E-state index < -0.39 is 12.0 Å². The number of amides is 2. The van der Waals surface area contributed by atoms with Crippen LogP contribution in [-0.2, 0) is 4.79 Å². The van der Waals surface area contributed by atoms with Gasteiger partial charge in [0.15, 0.2) is 0 Å². The third-order valence-corrected chi connectivity index (χ3v) is 5.03. The van der Waals surface area contributed by atoms with Crippen LogP contribution in [0.15, 0.2) is 0 Å². The molecule has 6 nitrogen and oxygen atoms in total. The lowest BCUT2D eigenvalue weighted by Gasteiger charge is -2.36. The van der Waals surface area contributed by atoms with Gasteiger partial charge in [-0.25, -0.2) is 9.59 Å². The molecule has 0 aromatic carbocycles. The van der Waals surface area contributed by atoms with E-state index in [-0.39, 0.29) is 6.03 Å². The molecule has 2 aliphatic heterocycles. The SMILES string of the molecule is CN1CCC(CN(C)C(=O)N2CCSCC2C(=O)O)C1. The van der Waals surface area contributed by atoms with E-state index in [4.69, 9.17) is 0 Å². The minimum Gasteiger partial charge on any atom is -0.480 e. The molecule has 2 amide bonds. The van der Waals surface area contributed by atoms with Crippen molar-refractivity contribution in [3.63, 3.8) is 0 Å². The van der Waals surface area contributed by atoms with Gasteiger partial charge in [0.05, 0.1) is 0 Å². The van der Waals surface area contributed by atoms with Crippen molar-refractivity contribution in [3.05, 3.63) is 0 Å². The Bertz CT molecular complexity index is 380. The number of aliphatic carboxylic acids is 1. The fraction of sp³-hybridized carbons (Fsp3) is 0.846.